The van der Waals surface area contributed by atoms with Gasteiger partial charge in [0.2, 0.25) is 11.9 Å². The van der Waals surface area contributed by atoms with Crippen molar-refractivity contribution in [2.45, 2.75) is 19.0 Å². The Morgan fingerprint density at radius 2 is 1.83 bits per heavy atom. The van der Waals surface area contributed by atoms with Crippen LogP contribution in [0.3, 0.4) is 0 Å². The number of alkyl halides is 3. The van der Waals surface area contributed by atoms with Crippen LogP contribution in [-0.2, 0) is 18.0 Å². The van der Waals surface area contributed by atoms with Crippen LogP contribution in [0.1, 0.15) is 28.9 Å². The third-order valence-corrected chi connectivity index (χ3v) is 5.28. The number of hydrogen-bond acceptors (Lipinski definition) is 7. The quantitative estimate of drug-likeness (QED) is 0.344. The van der Waals surface area contributed by atoms with Crippen molar-refractivity contribution in [2.75, 3.05) is 10.6 Å². The number of phenolic OH excluding ortho intramolecular Hbond substituents is 1. The number of halogens is 3. The minimum Gasteiger partial charge on any atom is -0.506 e. The molecule has 186 valence electrons. The van der Waals surface area contributed by atoms with Gasteiger partial charge in [-0.05, 0) is 37.1 Å². The molecule has 0 saturated heterocycles. The van der Waals surface area contributed by atoms with Gasteiger partial charge >= 0.3 is 6.18 Å². The SMILES string of the molecule is Cn1cc(C(=O)Nc2cc(Oc3ccc4nc(NC(=O)C5CC5)nn4c3)ccc2O)c(C(F)(F)F)n1. The highest BCUT2D eigenvalue weighted by atomic mass is 19.4. The van der Waals surface area contributed by atoms with Gasteiger partial charge in [-0.1, -0.05) is 0 Å². The molecule has 0 bridgehead atoms. The Hall–Kier alpha value is -4.62. The Bertz CT molecular complexity index is 1490. The maximum atomic E-state index is 13.2. The lowest BCUT2D eigenvalue weighted by Gasteiger charge is -2.11. The number of aromatic hydroxyl groups is 1. The number of nitrogens with one attached hydrogen (secondary N) is 2. The van der Waals surface area contributed by atoms with Crippen molar-refractivity contribution in [1.29, 1.82) is 0 Å². The van der Waals surface area contributed by atoms with Crippen LogP contribution >= 0.6 is 0 Å². The first-order valence-corrected chi connectivity index (χ1v) is 10.7. The van der Waals surface area contributed by atoms with Gasteiger partial charge < -0.3 is 15.2 Å². The van der Waals surface area contributed by atoms with Crippen LogP contribution in [0.25, 0.3) is 5.65 Å². The van der Waals surface area contributed by atoms with Gasteiger partial charge in [0.15, 0.2) is 11.3 Å². The predicted octanol–water partition coefficient (Wildman–Crippen LogP) is 3.58. The summed E-state index contributed by atoms with van der Waals surface area (Å²) >= 11 is 0. The van der Waals surface area contributed by atoms with Gasteiger partial charge in [-0.3, -0.25) is 19.6 Å². The summed E-state index contributed by atoms with van der Waals surface area (Å²) in [6.45, 7) is 0. The first-order valence-electron chi connectivity index (χ1n) is 10.7. The number of nitrogens with zero attached hydrogens (tertiary/aromatic N) is 5. The lowest BCUT2D eigenvalue weighted by molar-refractivity contribution is -0.141. The van der Waals surface area contributed by atoms with Crippen LogP contribution in [0.4, 0.5) is 24.8 Å². The average Bonchev–Trinajstić information content (AvgIpc) is 3.47. The first kappa shape index (κ1) is 23.1. The number of rotatable bonds is 6. The molecule has 1 aromatic carbocycles. The van der Waals surface area contributed by atoms with Crippen molar-refractivity contribution in [1.82, 2.24) is 24.4 Å². The van der Waals surface area contributed by atoms with Crippen molar-refractivity contribution < 1.29 is 32.6 Å². The summed E-state index contributed by atoms with van der Waals surface area (Å²) in [4.78, 5) is 28.7. The van der Waals surface area contributed by atoms with Crippen LogP contribution in [0.15, 0.2) is 42.7 Å². The summed E-state index contributed by atoms with van der Waals surface area (Å²) in [5.74, 6) is -0.974. The zero-order chi connectivity index (χ0) is 25.6. The lowest BCUT2D eigenvalue weighted by atomic mass is 10.2. The Kier molecular flexibility index (Phi) is 5.50. The number of aromatic nitrogens is 5. The number of pyridine rings is 1. The van der Waals surface area contributed by atoms with Gasteiger partial charge in [0.1, 0.15) is 17.2 Å². The largest absolute Gasteiger partial charge is 0.506 e. The van der Waals surface area contributed by atoms with Gasteiger partial charge in [-0.15, -0.1) is 5.10 Å². The van der Waals surface area contributed by atoms with E-state index in [9.17, 15) is 27.9 Å². The minimum atomic E-state index is -4.83. The number of ether oxygens (including phenoxy) is 1. The molecular formula is C22H18F3N7O4. The van der Waals surface area contributed by atoms with Crippen LogP contribution < -0.4 is 15.4 Å². The number of amides is 2. The topological polar surface area (TPSA) is 136 Å². The first-order chi connectivity index (χ1) is 17.1. The highest BCUT2D eigenvalue weighted by Gasteiger charge is 2.39. The van der Waals surface area contributed by atoms with E-state index in [1.807, 2.05) is 0 Å². The zero-order valence-electron chi connectivity index (χ0n) is 18.6. The second-order valence-corrected chi connectivity index (χ2v) is 8.16. The van der Waals surface area contributed by atoms with Crippen molar-refractivity contribution in [2.24, 2.45) is 13.0 Å². The van der Waals surface area contributed by atoms with Crippen LogP contribution in [0.2, 0.25) is 0 Å². The molecule has 5 rings (SSSR count). The molecule has 1 aliphatic rings. The van der Waals surface area contributed by atoms with E-state index in [2.05, 4.69) is 25.8 Å². The van der Waals surface area contributed by atoms with Gasteiger partial charge in [0.05, 0.1) is 17.4 Å². The van der Waals surface area contributed by atoms with E-state index < -0.39 is 23.3 Å². The van der Waals surface area contributed by atoms with E-state index in [0.29, 0.717) is 11.4 Å². The molecule has 11 nitrogen and oxygen atoms in total. The molecule has 0 aliphatic heterocycles. The summed E-state index contributed by atoms with van der Waals surface area (Å²) in [6, 6.07) is 7.08. The molecule has 1 saturated carbocycles. The number of fused-ring (bicyclic) bond motifs is 1. The molecule has 0 unspecified atom stereocenters. The lowest BCUT2D eigenvalue weighted by Crippen LogP contribution is -2.17. The Balaban J connectivity index is 1.33. The molecular weight excluding hydrogens is 483 g/mol. The van der Waals surface area contributed by atoms with E-state index >= 15 is 0 Å². The van der Waals surface area contributed by atoms with Crippen LogP contribution in [0, 0.1) is 5.92 Å². The summed E-state index contributed by atoms with van der Waals surface area (Å²) < 4.78 is 47.6. The van der Waals surface area contributed by atoms with Gasteiger partial charge in [0, 0.05) is 25.2 Å². The molecule has 3 N–H and O–H groups in total. The molecule has 0 radical (unpaired) electrons. The molecule has 2 amide bonds. The van der Waals surface area contributed by atoms with Gasteiger partial charge in [-0.25, -0.2) is 4.52 Å². The van der Waals surface area contributed by atoms with E-state index in [-0.39, 0.29) is 35.0 Å². The molecule has 0 spiro atoms. The molecule has 1 aliphatic carbocycles. The fraction of sp³-hybridized carbons (Fsp3) is 0.227. The Labute approximate surface area is 200 Å². The standard InChI is InChI=1S/C22H18F3N7O4/c1-31-10-14(18(29-31)22(23,24)25)20(35)26-15-8-12(4-6-16(15)33)36-13-5-7-17-27-21(30-32(17)9-13)28-19(34)11-2-3-11/h4-11,33H,2-3H2,1H3,(H,26,35)(H,28,30,34). The third-order valence-electron chi connectivity index (χ3n) is 5.28. The number of phenols is 1. The summed E-state index contributed by atoms with van der Waals surface area (Å²) in [5.41, 5.74) is -1.74. The van der Waals surface area contributed by atoms with Crippen molar-refractivity contribution >= 4 is 29.1 Å². The molecule has 0 atom stereocenters. The van der Waals surface area contributed by atoms with Gasteiger partial charge in [-0.2, -0.15) is 23.3 Å². The molecule has 3 aromatic heterocycles. The second-order valence-electron chi connectivity index (χ2n) is 8.16. The third kappa shape index (κ3) is 4.78. The highest BCUT2D eigenvalue weighted by molar-refractivity contribution is 6.05. The minimum absolute atomic E-state index is 0.00195. The normalized spacial score (nSPS) is 13.6. The molecule has 4 aromatic rings. The van der Waals surface area contributed by atoms with Crippen molar-refractivity contribution in [3.63, 3.8) is 0 Å². The summed E-state index contributed by atoms with van der Waals surface area (Å²) in [6.07, 6.45) is -0.701. The predicted molar refractivity (Wildman–Crippen MR) is 119 cm³/mol. The van der Waals surface area contributed by atoms with E-state index in [1.165, 1.54) is 36.0 Å². The van der Waals surface area contributed by atoms with E-state index in [0.717, 1.165) is 23.7 Å². The Morgan fingerprint density at radius 1 is 1.08 bits per heavy atom. The number of benzene rings is 1. The van der Waals surface area contributed by atoms with Crippen LogP contribution in [0.5, 0.6) is 17.2 Å². The highest BCUT2D eigenvalue weighted by Crippen LogP contribution is 2.34. The molecule has 36 heavy (non-hydrogen) atoms. The average molecular weight is 501 g/mol. The monoisotopic (exact) mass is 501 g/mol. The number of carbonyl (C=O) groups excluding carboxylic acids is 2. The zero-order valence-corrected chi connectivity index (χ0v) is 18.6. The number of hydrogen-bond donors (Lipinski definition) is 3. The van der Waals surface area contributed by atoms with E-state index in [4.69, 9.17) is 4.74 Å². The van der Waals surface area contributed by atoms with Crippen LogP contribution in [-0.4, -0.2) is 41.3 Å². The number of carbonyl (C=O) groups is 2. The molecule has 3 heterocycles. The smallest absolute Gasteiger partial charge is 0.435 e. The van der Waals surface area contributed by atoms with Crippen molar-refractivity contribution in [3.8, 4) is 17.2 Å². The Morgan fingerprint density at radius 3 is 2.56 bits per heavy atom. The maximum absolute atomic E-state index is 13.2. The molecule has 1 fully saturated rings. The fourth-order valence-corrected chi connectivity index (χ4v) is 3.40. The summed E-state index contributed by atoms with van der Waals surface area (Å²) in [5, 5.41) is 22.5. The second kappa shape index (κ2) is 8.55. The number of anilines is 2. The van der Waals surface area contributed by atoms with E-state index in [1.54, 1.807) is 12.1 Å². The summed E-state index contributed by atoms with van der Waals surface area (Å²) in [7, 11) is 1.26. The maximum Gasteiger partial charge on any atom is 0.435 e. The van der Waals surface area contributed by atoms with Crippen molar-refractivity contribution in [3.05, 3.63) is 54.0 Å². The number of aryl methyl sites for hydroxylation is 1. The fourth-order valence-electron chi connectivity index (χ4n) is 3.40. The van der Waals surface area contributed by atoms with Gasteiger partial charge in [0.25, 0.3) is 5.91 Å². The molecule has 14 heteroatoms.